The van der Waals surface area contributed by atoms with E-state index in [2.05, 4.69) is 22.3 Å². The van der Waals surface area contributed by atoms with Crippen LogP contribution in [0.1, 0.15) is 53.6 Å². The zero-order chi connectivity index (χ0) is 32.4. The summed E-state index contributed by atoms with van der Waals surface area (Å²) in [6.07, 6.45) is 1.69. The summed E-state index contributed by atoms with van der Waals surface area (Å²) in [5, 5.41) is 26.6. The number of fused-ring (bicyclic) bond motifs is 3. The number of nitrogens with one attached hydrogen (secondary N) is 1. The highest BCUT2D eigenvalue weighted by atomic mass is 16.3. The molecule has 2 aromatic carbocycles. The van der Waals surface area contributed by atoms with Gasteiger partial charge < -0.3 is 21.3 Å². The third-order valence-electron chi connectivity index (χ3n) is 10.7. The highest BCUT2D eigenvalue weighted by Crippen LogP contribution is 2.55. The van der Waals surface area contributed by atoms with Crippen LogP contribution in [-0.4, -0.2) is 93.9 Å². The Hall–Kier alpha value is -3.93. The molecule has 238 valence electrons. The Morgan fingerprint density at radius 2 is 1.71 bits per heavy atom. The first kappa shape index (κ1) is 31.1. The molecule has 45 heavy (non-hydrogen) atoms. The molecule has 3 fully saturated rings. The minimum Gasteiger partial charge on any atom is -0.505 e. The van der Waals surface area contributed by atoms with Crippen LogP contribution in [0, 0.1) is 23.7 Å². The van der Waals surface area contributed by atoms with Crippen LogP contribution in [0.15, 0.2) is 42.5 Å². The number of nitrogens with zero attached hydrogens (tertiary/aromatic N) is 2. The van der Waals surface area contributed by atoms with Crippen molar-refractivity contribution in [2.24, 2.45) is 29.4 Å². The number of carbonyl (C=O) groups excluding carboxylic acids is 5. The van der Waals surface area contributed by atoms with Gasteiger partial charge in [0.05, 0.1) is 23.2 Å². The van der Waals surface area contributed by atoms with Crippen molar-refractivity contribution in [3.8, 4) is 5.75 Å². The van der Waals surface area contributed by atoms with Gasteiger partial charge in [0.1, 0.15) is 5.75 Å². The Kier molecular flexibility index (Phi) is 7.91. The monoisotopic (exact) mass is 616 g/mol. The summed E-state index contributed by atoms with van der Waals surface area (Å²) in [7, 11) is 3.13. The number of nitrogens with two attached hydrogens (primary N) is 1. The fourth-order valence-corrected chi connectivity index (χ4v) is 8.33. The number of Topliss-reactive ketones (excluding diaryl/α,β-unsaturated/α-hetero) is 4. The third-order valence-corrected chi connectivity index (χ3v) is 10.7. The number of rotatable bonds is 6. The maximum Gasteiger partial charge on any atom is 0.235 e. The molecule has 0 radical (unpaired) electrons. The first-order valence-corrected chi connectivity index (χ1v) is 15.6. The molecular weight excluding hydrogens is 576 g/mol. The molecule has 7 atom stereocenters. The number of anilines is 1. The lowest BCUT2D eigenvalue weighted by Gasteiger charge is -2.53. The van der Waals surface area contributed by atoms with Crippen molar-refractivity contribution in [3.63, 3.8) is 0 Å². The molecule has 6 rings (SSSR count). The zero-order valence-corrected chi connectivity index (χ0v) is 25.7. The van der Waals surface area contributed by atoms with Crippen LogP contribution in [0.3, 0.4) is 0 Å². The maximum absolute atomic E-state index is 14.1. The van der Waals surface area contributed by atoms with E-state index in [0.717, 1.165) is 32.5 Å². The van der Waals surface area contributed by atoms with Gasteiger partial charge in [-0.1, -0.05) is 43.3 Å². The number of primary amides is 1. The molecule has 4 aliphatic rings. The molecule has 1 aliphatic heterocycles. The van der Waals surface area contributed by atoms with E-state index in [0.29, 0.717) is 11.3 Å². The molecule has 1 heterocycles. The first-order valence-electron chi connectivity index (χ1n) is 15.6. The molecule has 5 N–H and O–H groups in total. The highest BCUT2D eigenvalue weighted by molar-refractivity contribution is 6.32. The lowest BCUT2D eigenvalue weighted by molar-refractivity contribution is -0.181. The molecule has 2 unspecified atom stereocenters. The summed E-state index contributed by atoms with van der Waals surface area (Å²) in [6.45, 7) is 4.44. The quantitative estimate of drug-likeness (QED) is 0.276. The Labute approximate surface area is 261 Å². The lowest BCUT2D eigenvalue weighted by atomic mass is 9.50. The molecule has 0 spiro atoms. The van der Waals surface area contributed by atoms with Gasteiger partial charge in [0, 0.05) is 31.6 Å². The van der Waals surface area contributed by atoms with Crippen molar-refractivity contribution in [2.75, 3.05) is 32.5 Å². The molecule has 11 nitrogen and oxygen atoms in total. The topological polar surface area (TPSA) is 170 Å². The number of aliphatic hydroxyl groups is 1. The molecule has 2 saturated carbocycles. The average Bonchev–Trinajstić information content (AvgIpc) is 2.99. The van der Waals surface area contributed by atoms with Gasteiger partial charge in [0.2, 0.25) is 5.91 Å². The van der Waals surface area contributed by atoms with Gasteiger partial charge in [-0.15, -0.1) is 0 Å². The average molecular weight is 617 g/mol. The summed E-state index contributed by atoms with van der Waals surface area (Å²) in [4.78, 5) is 71.1. The number of phenols is 1. The summed E-state index contributed by atoms with van der Waals surface area (Å²) in [5.41, 5.74) is 4.87. The van der Waals surface area contributed by atoms with Gasteiger partial charge >= 0.3 is 0 Å². The minimum absolute atomic E-state index is 0.000564. The van der Waals surface area contributed by atoms with Gasteiger partial charge in [0.15, 0.2) is 34.7 Å². The van der Waals surface area contributed by atoms with Gasteiger partial charge in [-0.3, -0.25) is 33.8 Å². The second-order valence-electron chi connectivity index (χ2n) is 13.4. The number of phenolic OH excluding ortho intramolecular Hbond substituents is 1. The normalized spacial score (nSPS) is 32.2. The predicted octanol–water partition coefficient (Wildman–Crippen LogP) is 1.50. The van der Waals surface area contributed by atoms with E-state index in [-0.39, 0.29) is 23.8 Å². The molecule has 1 saturated heterocycles. The molecule has 0 bridgehead atoms. The number of benzene rings is 2. The van der Waals surface area contributed by atoms with E-state index < -0.39 is 70.3 Å². The fourth-order valence-electron chi connectivity index (χ4n) is 8.33. The van der Waals surface area contributed by atoms with E-state index in [4.69, 9.17) is 5.73 Å². The molecular formula is C34H40N4O7. The van der Waals surface area contributed by atoms with E-state index in [1.807, 2.05) is 25.1 Å². The summed E-state index contributed by atoms with van der Waals surface area (Å²) < 4.78 is 0. The second-order valence-corrected chi connectivity index (χ2v) is 13.4. The van der Waals surface area contributed by atoms with Gasteiger partial charge in [-0.25, -0.2) is 0 Å². The van der Waals surface area contributed by atoms with E-state index >= 15 is 0 Å². The van der Waals surface area contributed by atoms with Gasteiger partial charge in [0.25, 0.3) is 0 Å². The number of likely N-dealkylation sites (tertiary alicyclic amines) is 1. The molecule has 11 heteroatoms. The van der Waals surface area contributed by atoms with Gasteiger partial charge in [-0.2, -0.15) is 0 Å². The third kappa shape index (κ3) is 4.88. The Balaban J connectivity index is 1.27. The summed E-state index contributed by atoms with van der Waals surface area (Å²) >= 11 is 0. The fraction of sp³-hybridized carbons (Fsp3) is 0.500. The van der Waals surface area contributed by atoms with Crippen molar-refractivity contribution in [1.29, 1.82) is 0 Å². The number of carbonyl (C=O) groups is 5. The molecule has 3 aliphatic carbocycles. The SMILES string of the molecule is C[C@H]1c2ccc(NC3CCN(Cc4ccccc4)CC3)c(O)c2C(=O)C2C(=O)[C@]3(O)C(=O)C(C(N)=O)C(=O)[C@@H](N(C)C)[C@@H]3C[C@@H]21. The smallest absolute Gasteiger partial charge is 0.235 e. The largest absolute Gasteiger partial charge is 0.505 e. The Morgan fingerprint density at radius 1 is 1.04 bits per heavy atom. The van der Waals surface area contributed by atoms with Crippen LogP contribution in [-0.2, 0) is 25.7 Å². The van der Waals surface area contributed by atoms with E-state index in [1.54, 1.807) is 26.2 Å². The molecule has 2 aromatic rings. The number of ketones is 4. The van der Waals surface area contributed by atoms with Crippen molar-refractivity contribution in [2.45, 2.75) is 56.3 Å². The number of hydrogen-bond acceptors (Lipinski definition) is 10. The van der Waals surface area contributed by atoms with Crippen LogP contribution in [0.2, 0.25) is 0 Å². The van der Waals surface area contributed by atoms with Gasteiger partial charge in [-0.05, 0) is 62.4 Å². The van der Waals surface area contributed by atoms with Crippen molar-refractivity contribution >= 4 is 34.7 Å². The van der Waals surface area contributed by atoms with Crippen LogP contribution in [0.5, 0.6) is 5.75 Å². The van der Waals surface area contributed by atoms with Crippen LogP contribution >= 0.6 is 0 Å². The summed E-state index contributed by atoms with van der Waals surface area (Å²) in [6, 6.07) is 12.7. The van der Waals surface area contributed by atoms with Crippen LogP contribution in [0.4, 0.5) is 5.69 Å². The zero-order valence-electron chi connectivity index (χ0n) is 25.7. The summed E-state index contributed by atoms with van der Waals surface area (Å²) in [5.74, 6) is -10.8. The lowest BCUT2D eigenvalue weighted by Crippen LogP contribution is -2.74. The highest BCUT2D eigenvalue weighted by Gasteiger charge is 2.69. The molecule has 0 aromatic heterocycles. The van der Waals surface area contributed by atoms with Crippen LogP contribution in [0.25, 0.3) is 0 Å². The number of aromatic hydroxyl groups is 1. The number of likely N-dealkylation sites (N-methyl/N-ethyl adjacent to an activating group) is 1. The number of hydrogen-bond donors (Lipinski definition) is 4. The standard InChI is InChI=1S/C34H40N4O7/c1-17-20-9-10-23(36-19-11-13-38(14-12-19)16-18-7-5-4-6-8-18)28(39)24(20)29(40)25-21(17)15-22-27(37(2)3)30(41)26(33(35)44)32(43)34(22,45)31(25)42/h4-10,17,19,21-22,25-27,36,39,45H,11-16H2,1-3H3,(H2,35,44)/t17-,21+,22-,25?,26?,27-,34-/m0/s1. The van der Waals surface area contributed by atoms with Crippen molar-refractivity contribution in [1.82, 2.24) is 9.80 Å². The minimum atomic E-state index is -2.74. The van der Waals surface area contributed by atoms with E-state index in [1.165, 1.54) is 10.5 Å². The first-order chi connectivity index (χ1) is 21.4. The second kappa shape index (κ2) is 11.5. The Morgan fingerprint density at radius 3 is 2.33 bits per heavy atom. The van der Waals surface area contributed by atoms with E-state index in [9.17, 15) is 34.2 Å². The van der Waals surface area contributed by atoms with Crippen molar-refractivity contribution in [3.05, 3.63) is 59.2 Å². The van der Waals surface area contributed by atoms with Crippen molar-refractivity contribution < 1.29 is 34.2 Å². The number of piperidine rings is 1. The maximum atomic E-state index is 14.1. The Bertz CT molecular complexity index is 1570. The number of amides is 1. The van der Waals surface area contributed by atoms with Crippen LogP contribution < -0.4 is 11.1 Å². The predicted molar refractivity (Wildman–Crippen MR) is 164 cm³/mol. The molecule has 1 amide bonds.